The van der Waals surface area contributed by atoms with E-state index in [-0.39, 0.29) is 23.4 Å². The summed E-state index contributed by atoms with van der Waals surface area (Å²) in [6.07, 6.45) is 0.728. The lowest BCUT2D eigenvalue weighted by Gasteiger charge is -2.31. The molecule has 1 aliphatic heterocycles. The van der Waals surface area contributed by atoms with Crippen LogP contribution < -0.4 is 10.6 Å². The maximum absolute atomic E-state index is 12.5. The Bertz CT molecular complexity index is 824. The SMILES string of the molecule is CCOC(=O)N1CCC(NC(=O)COC(=O)c2cc([N+](=O)[O-])ccc2NCCOC)CC1. The first-order chi connectivity index (χ1) is 15.3. The van der Waals surface area contributed by atoms with Gasteiger partial charge in [0.15, 0.2) is 6.61 Å². The quantitative estimate of drug-likeness (QED) is 0.233. The number of likely N-dealkylation sites (tertiary alicyclic amines) is 1. The second-order valence-electron chi connectivity index (χ2n) is 7.01. The molecule has 1 aliphatic rings. The van der Waals surface area contributed by atoms with E-state index in [2.05, 4.69) is 10.6 Å². The minimum Gasteiger partial charge on any atom is -0.452 e. The molecule has 12 heteroatoms. The van der Waals surface area contributed by atoms with E-state index in [0.717, 1.165) is 6.07 Å². The van der Waals surface area contributed by atoms with Gasteiger partial charge in [0.1, 0.15) is 0 Å². The van der Waals surface area contributed by atoms with Gasteiger partial charge in [-0.3, -0.25) is 14.9 Å². The van der Waals surface area contributed by atoms with Crippen molar-refractivity contribution >= 4 is 29.3 Å². The summed E-state index contributed by atoms with van der Waals surface area (Å²) in [6, 6.07) is 3.61. The van der Waals surface area contributed by atoms with Crippen molar-refractivity contribution in [1.29, 1.82) is 0 Å². The van der Waals surface area contributed by atoms with Crippen LogP contribution in [0.15, 0.2) is 18.2 Å². The molecule has 32 heavy (non-hydrogen) atoms. The Morgan fingerprint density at radius 1 is 1.22 bits per heavy atom. The molecule has 0 unspecified atom stereocenters. The van der Waals surface area contributed by atoms with Crippen molar-refractivity contribution in [3.63, 3.8) is 0 Å². The lowest BCUT2D eigenvalue weighted by molar-refractivity contribution is -0.384. The molecule has 2 N–H and O–H groups in total. The van der Waals surface area contributed by atoms with E-state index in [4.69, 9.17) is 14.2 Å². The molecule has 0 aliphatic carbocycles. The van der Waals surface area contributed by atoms with Gasteiger partial charge in [-0.05, 0) is 25.8 Å². The average Bonchev–Trinajstić information content (AvgIpc) is 2.78. The Balaban J connectivity index is 1.88. The van der Waals surface area contributed by atoms with Gasteiger partial charge in [-0.1, -0.05) is 0 Å². The number of carbonyl (C=O) groups is 3. The number of nitrogens with one attached hydrogen (secondary N) is 2. The molecule has 0 aromatic heterocycles. The molecule has 0 radical (unpaired) electrons. The van der Waals surface area contributed by atoms with Crippen molar-refractivity contribution in [2.24, 2.45) is 0 Å². The number of amides is 2. The summed E-state index contributed by atoms with van der Waals surface area (Å²) in [5.74, 6) is -1.35. The highest BCUT2D eigenvalue weighted by atomic mass is 16.6. The Morgan fingerprint density at radius 3 is 2.56 bits per heavy atom. The third-order valence-corrected chi connectivity index (χ3v) is 4.78. The van der Waals surface area contributed by atoms with Crippen LogP contribution in [-0.2, 0) is 19.0 Å². The number of piperidine rings is 1. The van der Waals surface area contributed by atoms with Crippen molar-refractivity contribution in [1.82, 2.24) is 10.2 Å². The number of carbonyl (C=O) groups excluding carboxylic acids is 3. The Hall–Kier alpha value is -3.41. The lowest BCUT2D eigenvalue weighted by atomic mass is 10.1. The van der Waals surface area contributed by atoms with Crippen LogP contribution in [0.25, 0.3) is 0 Å². The van der Waals surface area contributed by atoms with Crippen LogP contribution >= 0.6 is 0 Å². The van der Waals surface area contributed by atoms with Crippen molar-refractivity contribution < 1.29 is 33.5 Å². The van der Waals surface area contributed by atoms with Crippen molar-refractivity contribution in [2.75, 3.05) is 51.9 Å². The van der Waals surface area contributed by atoms with Crippen molar-refractivity contribution in [3.05, 3.63) is 33.9 Å². The maximum Gasteiger partial charge on any atom is 0.409 e. The number of hydrogen-bond acceptors (Lipinski definition) is 9. The van der Waals surface area contributed by atoms with E-state index in [1.165, 1.54) is 19.2 Å². The summed E-state index contributed by atoms with van der Waals surface area (Å²) >= 11 is 0. The number of nitro benzene ring substituents is 1. The largest absolute Gasteiger partial charge is 0.452 e. The summed E-state index contributed by atoms with van der Waals surface area (Å²) in [5, 5.41) is 16.8. The molecule has 2 amide bonds. The molecule has 176 valence electrons. The van der Waals surface area contributed by atoms with Gasteiger partial charge in [-0.2, -0.15) is 0 Å². The first-order valence-corrected chi connectivity index (χ1v) is 10.2. The molecule has 1 saturated heterocycles. The van der Waals surface area contributed by atoms with Crippen LogP contribution in [0.2, 0.25) is 0 Å². The normalized spacial score (nSPS) is 13.9. The molecule has 0 atom stereocenters. The maximum atomic E-state index is 12.5. The van der Waals surface area contributed by atoms with Gasteiger partial charge in [0.25, 0.3) is 11.6 Å². The third-order valence-electron chi connectivity index (χ3n) is 4.78. The van der Waals surface area contributed by atoms with Crippen LogP contribution in [0.5, 0.6) is 0 Å². The molecule has 0 bridgehead atoms. The molecule has 12 nitrogen and oxygen atoms in total. The van der Waals surface area contributed by atoms with Crippen LogP contribution in [0.4, 0.5) is 16.2 Å². The predicted octanol–water partition coefficient (Wildman–Crippen LogP) is 1.55. The summed E-state index contributed by atoms with van der Waals surface area (Å²) in [5.41, 5.74) is 0.0160. The minimum absolute atomic E-state index is 0.0501. The summed E-state index contributed by atoms with van der Waals surface area (Å²) < 4.78 is 15.0. The molecule has 1 aromatic carbocycles. The summed E-state index contributed by atoms with van der Waals surface area (Å²) in [7, 11) is 1.52. The highest BCUT2D eigenvalue weighted by molar-refractivity contribution is 5.97. The second-order valence-corrected chi connectivity index (χ2v) is 7.01. The van der Waals surface area contributed by atoms with Gasteiger partial charge < -0.3 is 29.7 Å². The molecule has 0 spiro atoms. The van der Waals surface area contributed by atoms with Gasteiger partial charge >= 0.3 is 12.1 Å². The van der Waals surface area contributed by atoms with E-state index in [1.807, 2.05) is 0 Å². The zero-order chi connectivity index (χ0) is 23.5. The Labute approximate surface area is 185 Å². The van der Waals surface area contributed by atoms with Gasteiger partial charge in [0, 0.05) is 50.6 Å². The van der Waals surface area contributed by atoms with E-state index < -0.39 is 23.4 Å². The minimum atomic E-state index is -0.860. The molecule has 2 rings (SSSR count). The Kier molecular flexibility index (Phi) is 9.67. The average molecular weight is 452 g/mol. The van der Waals surface area contributed by atoms with Gasteiger partial charge in [-0.15, -0.1) is 0 Å². The zero-order valence-corrected chi connectivity index (χ0v) is 18.1. The fourth-order valence-electron chi connectivity index (χ4n) is 3.16. The summed E-state index contributed by atoms with van der Waals surface area (Å²) in [6.45, 7) is 3.15. The standard InChI is InChI=1S/C20H28N4O8/c1-3-31-20(27)23-9-6-14(7-10-23)22-18(25)13-32-19(26)16-12-15(24(28)29)4-5-17(16)21-8-11-30-2/h4-5,12,14,21H,3,6-11,13H2,1-2H3,(H,22,25). The smallest absolute Gasteiger partial charge is 0.409 e. The van der Waals surface area contributed by atoms with Gasteiger partial charge in [-0.25, -0.2) is 9.59 Å². The van der Waals surface area contributed by atoms with Crippen molar-refractivity contribution in [2.45, 2.75) is 25.8 Å². The number of methoxy groups -OCH3 is 1. The number of hydrogen-bond donors (Lipinski definition) is 2. The first kappa shape index (κ1) is 24.9. The van der Waals surface area contributed by atoms with E-state index in [9.17, 15) is 24.5 Å². The number of non-ortho nitro benzene ring substituents is 1. The van der Waals surface area contributed by atoms with Gasteiger partial charge in [0.2, 0.25) is 0 Å². The van der Waals surface area contributed by atoms with E-state index >= 15 is 0 Å². The van der Waals surface area contributed by atoms with E-state index in [0.29, 0.717) is 51.4 Å². The Morgan fingerprint density at radius 2 is 1.94 bits per heavy atom. The fraction of sp³-hybridized carbons (Fsp3) is 0.550. The molecule has 1 aromatic rings. The number of rotatable bonds is 10. The second kappa shape index (κ2) is 12.4. The van der Waals surface area contributed by atoms with Gasteiger partial charge in [0.05, 0.1) is 23.7 Å². The monoisotopic (exact) mass is 452 g/mol. The highest BCUT2D eigenvalue weighted by Crippen LogP contribution is 2.23. The molecule has 0 saturated carbocycles. The zero-order valence-electron chi connectivity index (χ0n) is 18.1. The molecular formula is C20H28N4O8. The molecule has 1 heterocycles. The number of benzene rings is 1. The van der Waals surface area contributed by atoms with Crippen LogP contribution in [-0.4, -0.2) is 80.4 Å². The number of ether oxygens (including phenoxy) is 3. The predicted molar refractivity (Wildman–Crippen MR) is 114 cm³/mol. The van der Waals surface area contributed by atoms with Crippen LogP contribution in [0.3, 0.4) is 0 Å². The number of esters is 1. The van der Waals surface area contributed by atoms with Crippen LogP contribution in [0.1, 0.15) is 30.1 Å². The topological polar surface area (TPSA) is 149 Å². The third kappa shape index (κ3) is 7.38. The van der Waals surface area contributed by atoms with Crippen LogP contribution in [0, 0.1) is 10.1 Å². The van der Waals surface area contributed by atoms with Crippen molar-refractivity contribution in [3.8, 4) is 0 Å². The number of nitro groups is 1. The molecular weight excluding hydrogens is 424 g/mol. The first-order valence-electron chi connectivity index (χ1n) is 10.2. The highest BCUT2D eigenvalue weighted by Gasteiger charge is 2.25. The summed E-state index contributed by atoms with van der Waals surface area (Å²) in [4.78, 5) is 48.4. The lowest BCUT2D eigenvalue weighted by Crippen LogP contribution is -2.47. The molecule has 1 fully saturated rings. The fourth-order valence-corrected chi connectivity index (χ4v) is 3.16. The van der Waals surface area contributed by atoms with E-state index in [1.54, 1.807) is 11.8 Å². The number of anilines is 1. The number of nitrogens with zero attached hydrogens (tertiary/aromatic N) is 2.